The van der Waals surface area contributed by atoms with E-state index in [-0.39, 0.29) is 24.3 Å². The number of rotatable bonds is 9. The molecule has 2 aromatic rings. The number of nitrogens with one attached hydrogen (secondary N) is 1. The number of hydrogen-bond donors (Lipinski definition) is 1. The average molecular weight is 462 g/mol. The number of carbonyl (C=O) groups excluding carboxylic acids is 2. The second-order valence-corrected chi connectivity index (χ2v) is 10.2. The third-order valence-electron chi connectivity index (χ3n) is 7.74. The zero-order chi connectivity index (χ0) is 23.5. The van der Waals surface area contributed by atoms with Crippen molar-refractivity contribution in [2.24, 2.45) is 11.3 Å². The van der Waals surface area contributed by atoms with E-state index in [0.29, 0.717) is 13.2 Å². The molecular weight excluding hydrogens is 426 g/mol. The molecule has 180 valence electrons. The summed E-state index contributed by atoms with van der Waals surface area (Å²) < 4.78 is 6.02. The Labute approximate surface area is 202 Å². The van der Waals surface area contributed by atoms with E-state index in [1.54, 1.807) is 4.90 Å². The summed E-state index contributed by atoms with van der Waals surface area (Å²) in [5.41, 5.74) is 1.43. The maximum atomic E-state index is 13.6. The molecule has 0 spiro atoms. The minimum absolute atomic E-state index is 0.00437. The number of likely N-dealkylation sites (tertiary alicyclic amines) is 1. The van der Waals surface area contributed by atoms with Crippen LogP contribution in [-0.2, 0) is 9.59 Å². The van der Waals surface area contributed by atoms with Gasteiger partial charge in [0.05, 0.1) is 5.41 Å². The molecule has 2 amide bonds. The van der Waals surface area contributed by atoms with Gasteiger partial charge in [-0.2, -0.15) is 0 Å². The van der Waals surface area contributed by atoms with Gasteiger partial charge in [0.25, 0.3) is 0 Å². The molecule has 1 aliphatic carbocycles. The highest BCUT2D eigenvalue weighted by Crippen LogP contribution is 2.65. The van der Waals surface area contributed by atoms with Gasteiger partial charge in [-0.25, -0.2) is 0 Å². The number of para-hydroxylation sites is 2. The number of carbonyl (C=O) groups is 2. The molecule has 1 N–H and O–H groups in total. The number of hydrogen-bond acceptors (Lipinski definition) is 4. The fourth-order valence-electron chi connectivity index (χ4n) is 5.48. The first-order valence-electron chi connectivity index (χ1n) is 12.6. The molecule has 2 fully saturated rings. The molecule has 0 unspecified atom stereocenters. The average Bonchev–Trinajstić information content (AvgIpc) is 3.61. The van der Waals surface area contributed by atoms with Crippen molar-refractivity contribution in [3.63, 3.8) is 0 Å². The summed E-state index contributed by atoms with van der Waals surface area (Å²) in [5, 5.41) is 3.04. The number of nitrogens with zero attached hydrogens (tertiary/aromatic N) is 2. The summed E-state index contributed by atoms with van der Waals surface area (Å²) in [6.45, 7) is 6.67. The van der Waals surface area contributed by atoms with Crippen LogP contribution in [0.4, 0.5) is 5.69 Å². The van der Waals surface area contributed by atoms with Crippen molar-refractivity contribution in [1.29, 1.82) is 0 Å². The summed E-state index contributed by atoms with van der Waals surface area (Å²) >= 11 is 0. The first-order valence-corrected chi connectivity index (χ1v) is 12.6. The predicted octanol–water partition coefficient (Wildman–Crippen LogP) is 3.82. The second-order valence-electron chi connectivity index (χ2n) is 10.2. The normalized spacial score (nSPS) is 24.3. The second kappa shape index (κ2) is 9.79. The number of benzene rings is 2. The van der Waals surface area contributed by atoms with E-state index in [2.05, 4.69) is 23.2 Å². The lowest BCUT2D eigenvalue weighted by atomic mass is 9.92. The zero-order valence-electron chi connectivity index (χ0n) is 20.0. The standard InChI is InChI=1S/C28H35N3O3/c1-21-12-16-30(17-13-21)15-7-14-29-26(32)19-31-25-11-6-5-10-23(25)24-18-28(24,27(31)33)20-34-22-8-3-2-4-9-22/h2-6,8-11,21,24H,7,12-20H2,1H3,(H,29,32)/t24-,28+/m0/s1. The minimum atomic E-state index is -0.574. The van der Waals surface area contributed by atoms with Gasteiger partial charge in [0.1, 0.15) is 18.9 Å². The Kier molecular flexibility index (Phi) is 6.59. The summed E-state index contributed by atoms with van der Waals surface area (Å²) in [6, 6.07) is 17.6. The van der Waals surface area contributed by atoms with Crippen LogP contribution in [0.5, 0.6) is 5.75 Å². The van der Waals surface area contributed by atoms with E-state index in [0.717, 1.165) is 55.4 Å². The van der Waals surface area contributed by atoms with Crippen molar-refractivity contribution < 1.29 is 14.3 Å². The molecule has 2 heterocycles. The van der Waals surface area contributed by atoms with Crippen LogP contribution >= 0.6 is 0 Å². The lowest BCUT2D eigenvalue weighted by molar-refractivity contribution is -0.128. The lowest BCUT2D eigenvalue weighted by Gasteiger charge is -2.33. The molecule has 6 nitrogen and oxygen atoms in total. The van der Waals surface area contributed by atoms with E-state index in [1.165, 1.54) is 12.8 Å². The molecule has 3 aliphatic rings. The Hall–Kier alpha value is -2.86. The highest BCUT2D eigenvalue weighted by atomic mass is 16.5. The van der Waals surface area contributed by atoms with Crippen LogP contribution in [0.3, 0.4) is 0 Å². The van der Waals surface area contributed by atoms with Gasteiger partial charge in [-0.15, -0.1) is 0 Å². The van der Waals surface area contributed by atoms with Gasteiger partial charge in [0, 0.05) is 18.2 Å². The maximum absolute atomic E-state index is 13.6. The van der Waals surface area contributed by atoms with E-state index >= 15 is 0 Å². The molecule has 34 heavy (non-hydrogen) atoms. The molecule has 2 aromatic carbocycles. The quantitative estimate of drug-likeness (QED) is 0.577. The van der Waals surface area contributed by atoms with Gasteiger partial charge in [-0.1, -0.05) is 43.3 Å². The fourth-order valence-corrected chi connectivity index (χ4v) is 5.48. The molecule has 6 heteroatoms. The third kappa shape index (κ3) is 4.69. The zero-order valence-corrected chi connectivity index (χ0v) is 20.0. The predicted molar refractivity (Wildman–Crippen MR) is 133 cm³/mol. The van der Waals surface area contributed by atoms with Gasteiger partial charge in [-0.05, 0) is 75.0 Å². The van der Waals surface area contributed by atoms with Crippen molar-refractivity contribution in [2.75, 3.05) is 44.2 Å². The Morgan fingerprint density at radius 3 is 2.62 bits per heavy atom. The smallest absolute Gasteiger partial charge is 0.240 e. The van der Waals surface area contributed by atoms with Crippen LogP contribution < -0.4 is 15.0 Å². The highest BCUT2D eigenvalue weighted by molar-refractivity contribution is 6.07. The monoisotopic (exact) mass is 461 g/mol. The molecule has 1 saturated carbocycles. The Morgan fingerprint density at radius 1 is 1.09 bits per heavy atom. The number of piperidine rings is 1. The molecule has 2 aliphatic heterocycles. The Morgan fingerprint density at radius 2 is 1.82 bits per heavy atom. The summed E-state index contributed by atoms with van der Waals surface area (Å²) in [7, 11) is 0. The highest BCUT2D eigenvalue weighted by Gasteiger charge is 2.66. The topological polar surface area (TPSA) is 61.9 Å². The van der Waals surface area contributed by atoms with Crippen molar-refractivity contribution in [3.05, 3.63) is 60.2 Å². The van der Waals surface area contributed by atoms with E-state index in [4.69, 9.17) is 4.74 Å². The SMILES string of the molecule is CC1CCN(CCCNC(=O)CN2C(=O)[C@@]3(COc4ccccc4)C[C@H]3c3ccccc32)CC1. The van der Waals surface area contributed by atoms with Crippen LogP contribution in [0.2, 0.25) is 0 Å². The minimum Gasteiger partial charge on any atom is -0.492 e. The van der Waals surface area contributed by atoms with Crippen molar-refractivity contribution >= 4 is 17.5 Å². The van der Waals surface area contributed by atoms with Crippen LogP contribution in [0, 0.1) is 11.3 Å². The van der Waals surface area contributed by atoms with E-state index in [9.17, 15) is 9.59 Å². The van der Waals surface area contributed by atoms with E-state index < -0.39 is 5.41 Å². The molecular formula is C28H35N3O3. The maximum Gasteiger partial charge on any atom is 0.240 e. The molecule has 1 saturated heterocycles. The molecule has 0 bridgehead atoms. The van der Waals surface area contributed by atoms with Crippen LogP contribution in [0.15, 0.2) is 54.6 Å². The third-order valence-corrected chi connectivity index (χ3v) is 7.74. The van der Waals surface area contributed by atoms with Crippen LogP contribution in [-0.4, -0.2) is 56.0 Å². The lowest BCUT2D eigenvalue weighted by Crippen LogP contribution is -2.48. The fraction of sp³-hybridized carbons (Fsp3) is 0.500. The van der Waals surface area contributed by atoms with Crippen LogP contribution in [0.25, 0.3) is 0 Å². The number of ether oxygens (including phenoxy) is 1. The molecule has 0 aromatic heterocycles. The first-order chi connectivity index (χ1) is 16.6. The number of amides is 2. The van der Waals surface area contributed by atoms with Crippen molar-refractivity contribution in [3.8, 4) is 5.75 Å². The van der Waals surface area contributed by atoms with E-state index in [1.807, 2.05) is 48.5 Å². The van der Waals surface area contributed by atoms with Gasteiger partial charge < -0.3 is 19.9 Å². The number of anilines is 1. The Balaban J connectivity index is 1.19. The Bertz CT molecular complexity index is 1020. The molecule has 2 atom stereocenters. The summed E-state index contributed by atoms with van der Waals surface area (Å²) in [6.07, 6.45) is 4.23. The van der Waals surface area contributed by atoms with Crippen LogP contribution in [0.1, 0.15) is 44.1 Å². The summed E-state index contributed by atoms with van der Waals surface area (Å²) in [5.74, 6) is 1.65. The van der Waals surface area contributed by atoms with Gasteiger partial charge in [0.2, 0.25) is 11.8 Å². The summed E-state index contributed by atoms with van der Waals surface area (Å²) in [4.78, 5) is 30.6. The molecule has 5 rings (SSSR count). The van der Waals surface area contributed by atoms with Gasteiger partial charge in [-0.3, -0.25) is 9.59 Å². The molecule has 0 radical (unpaired) electrons. The largest absolute Gasteiger partial charge is 0.492 e. The van der Waals surface area contributed by atoms with Crippen molar-refractivity contribution in [2.45, 2.75) is 38.5 Å². The first kappa shape index (κ1) is 22.9. The van der Waals surface area contributed by atoms with Crippen molar-refractivity contribution in [1.82, 2.24) is 10.2 Å². The van der Waals surface area contributed by atoms with Gasteiger partial charge in [0.15, 0.2) is 0 Å². The van der Waals surface area contributed by atoms with Gasteiger partial charge >= 0.3 is 0 Å². The number of fused-ring (bicyclic) bond motifs is 3.